The normalized spacial score (nSPS) is 15.5. The number of aromatic nitrogens is 2. The Balaban J connectivity index is 2.53. The Morgan fingerprint density at radius 2 is 2.00 bits per heavy atom. The summed E-state index contributed by atoms with van der Waals surface area (Å²) in [5.74, 6) is 0. The fraction of sp³-hybridized carbons (Fsp3) is 0.462. The maximum atomic E-state index is 12.6. The Morgan fingerprint density at radius 1 is 1.35 bits per heavy atom. The predicted molar refractivity (Wildman–Crippen MR) is 70.5 cm³/mol. The molecule has 3 N–H and O–H groups in total. The number of fused-ring (bicyclic) bond motifs is 1. The van der Waals surface area contributed by atoms with Crippen molar-refractivity contribution < 1.29 is 13.2 Å². The lowest BCUT2D eigenvalue weighted by Crippen LogP contribution is -2.26. The number of rotatable bonds is 3. The van der Waals surface area contributed by atoms with E-state index < -0.39 is 17.4 Å². The van der Waals surface area contributed by atoms with E-state index in [1.807, 2.05) is 13.8 Å². The molecule has 0 bridgehead atoms. The Kier molecular flexibility index (Phi) is 3.64. The van der Waals surface area contributed by atoms with Gasteiger partial charge in [-0.15, -0.1) is 0 Å². The first-order valence-corrected chi connectivity index (χ1v) is 6.27. The van der Waals surface area contributed by atoms with Gasteiger partial charge in [-0.2, -0.15) is 13.2 Å². The summed E-state index contributed by atoms with van der Waals surface area (Å²) >= 11 is 0. The molecule has 0 fully saturated rings. The summed E-state index contributed by atoms with van der Waals surface area (Å²) in [6.45, 7) is 3.63. The molecule has 2 atom stereocenters. The maximum Gasteiger partial charge on any atom is 0.416 e. The molecule has 0 saturated carbocycles. The van der Waals surface area contributed by atoms with E-state index in [4.69, 9.17) is 5.73 Å². The van der Waals surface area contributed by atoms with Gasteiger partial charge in [-0.3, -0.25) is 4.57 Å². The number of hydrogen-bond donors (Lipinski definition) is 2. The second-order valence-corrected chi connectivity index (χ2v) is 5.09. The quantitative estimate of drug-likeness (QED) is 0.911. The summed E-state index contributed by atoms with van der Waals surface area (Å²) in [5, 5.41) is 0. The SMILES string of the molecule is CC(N)CC(C)n1c(=O)[nH]c2cc(C(F)(F)F)ccc21. The molecule has 2 unspecified atom stereocenters. The van der Waals surface area contributed by atoms with Crippen LogP contribution in [0.1, 0.15) is 31.9 Å². The van der Waals surface area contributed by atoms with Crippen LogP contribution in [-0.2, 0) is 6.18 Å². The highest BCUT2D eigenvalue weighted by molar-refractivity contribution is 5.76. The van der Waals surface area contributed by atoms with Crippen LogP contribution in [0, 0.1) is 0 Å². The van der Waals surface area contributed by atoms with Crippen molar-refractivity contribution in [3.8, 4) is 0 Å². The van der Waals surface area contributed by atoms with Crippen LogP contribution in [0.3, 0.4) is 0 Å². The lowest BCUT2D eigenvalue weighted by Gasteiger charge is -2.16. The topological polar surface area (TPSA) is 63.8 Å². The van der Waals surface area contributed by atoms with Gasteiger partial charge in [0.05, 0.1) is 16.6 Å². The van der Waals surface area contributed by atoms with Crippen molar-refractivity contribution in [2.75, 3.05) is 0 Å². The highest BCUT2D eigenvalue weighted by atomic mass is 19.4. The Labute approximate surface area is 113 Å². The standard InChI is InChI=1S/C13H16F3N3O/c1-7(17)5-8(2)19-11-4-3-9(13(14,15)16)6-10(11)18-12(19)20/h3-4,6-8H,5,17H2,1-2H3,(H,18,20). The maximum absolute atomic E-state index is 12.6. The first-order chi connectivity index (χ1) is 9.20. The van der Waals surface area contributed by atoms with Crippen molar-refractivity contribution in [3.63, 3.8) is 0 Å². The molecule has 0 aliphatic rings. The number of hydrogen-bond acceptors (Lipinski definition) is 2. The summed E-state index contributed by atoms with van der Waals surface area (Å²) < 4.78 is 39.4. The second-order valence-electron chi connectivity index (χ2n) is 5.09. The molecule has 2 aromatic rings. The summed E-state index contributed by atoms with van der Waals surface area (Å²) in [5.41, 5.74) is 5.13. The summed E-state index contributed by atoms with van der Waals surface area (Å²) in [6, 6.07) is 2.95. The fourth-order valence-corrected chi connectivity index (χ4v) is 2.39. The van der Waals surface area contributed by atoms with Gasteiger partial charge < -0.3 is 10.7 Å². The molecule has 7 heteroatoms. The van der Waals surface area contributed by atoms with Gasteiger partial charge in [0, 0.05) is 12.1 Å². The number of nitrogens with one attached hydrogen (secondary N) is 1. The minimum Gasteiger partial charge on any atom is -0.328 e. The molecule has 110 valence electrons. The molecule has 2 rings (SSSR count). The van der Waals surface area contributed by atoms with Gasteiger partial charge in [-0.25, -0.2) is 4.79 Å². The molecule has 4 nitrogen and oxygen atoms in total. The molecule has 20 heavy (non-hydrogen) atoms. The van der Waals surface area contributed by atoms with E-state index in [0.717, 1.165) is 12.1 Å². The van der Waals surface area contributed by atoms with E-state index in [0.29, 0.717) is 11.9 Å². The van der Waals surface area contributed by atoms with E-state index in [-0.39, 0.29) is 17.6 Å². The molecular weight excluding hydrogens is 271 g/mol. The van der Waals surface area contributed by atoms with Crippen LogP contribution >= 0.6 is 0 Å². The van der Waals surface area contributed by atoms with Gasteiger partial charge in [0.25, 0.3) is 0 Å². The van der Waals surface area contributed by atoms with Crippen LogP contribution in [0.4, 0.5) is 13.2 Å². The zero-order valence-electron chi connectivity index (χ0n) is 11.2. The van der Waals surface area contributed by atoms with E-state index >= 15 is 0 Å². The van der Waals surface area contributed by atoms with E-state index in [2.05, 4.69) is 4.98 Å². The summed E-state index contributed by atoms with van der Waals surface area (Å²) in [4.78, 5) is 14.4. The molecule has 1 heterocycles. The van der Waals surface area contributed by atoms with Crippen LogP contribution < -0.4 is 11.4 Å². The third-order valence-corrected chi connectivity index (χ3v) is 3.20. The first kappa shape index (κ1) is 14.6. The van der Waals surface area contributed by atoms with Gasteiger partial charge in [-0.1, -0.05) is 0 Å². The van der Waals surface area contributed by atoms with Crippen LogP contribution in [0.2, 0.25) is 0 Å². The Bertz CT molecular complexity index is 670. The minimum atomic E-state index is -4.43. The molecule has 1 aromatic heterocycles. The number of H-pyrrole nitrogens is 1. The number of aromatic amines is 1. The summed E-state index contributed by atoms with van der Waals surface area (Å²) in [6.07, 6.45) is -3.86. The molecule has 0 aliphatic heterocycles. The number of benzene rings is 1. The first-order valence-electron chi connectivity index (χ1n) is 6.27. The zero-order valence-corrected chi connectivity index (χ0v) is 11.2. The minimum absolute atomic E-state index is 0.101. The van der Waals surface area contributed by atoms with Gasteiger partial charge >= 0.3 is 11.9 Å². The van der Waals surface area contributed by atoms with Crippen molar-refractivity contribution in [1.29, 1.82) is 0 Å². The number of nitrogens with two attached hydrogens (primary N) is 1. The molecule has 0 radical (unpaired) electrons. The van der Waals surface area contributed by atoms with Crippen molar-refractivity contribution in [2.24, 2.45) is 5.73 Å². The molecule has 0 aliphatic carbocycles. The van der Waals surface area contributed by atoms with Crippen LogP contribution in [-0.4, -0.2) is 15.6 Å². The van der Waals surface area contributed by atoms with E-state index in [1.165, 1.54) is 10.6 Å². The Morgan fingerprint density at radius 3 is 2.55 bits per heavy atom. The lowest BCUT2D eigenvalue weighted by atomic mass is 10.1. The highest BCUT2D eigenvalue weighted by Crippen LogP contribution is 2.31. The van der Waals surface area contributed by atoms with Gasteiger partial charge in [0.15, 0.2) is 0 Å². The largest absolute Gasteiger partial charge is 0.416 e. The van der Waals surface area contributed by atoms with Crippen molar-refractivity contribution in [3.05, 3.63) is 34.2 Å². The van der Waals surface area contributed by atoms with Crippen LogP contribution in [0.25, 0.3) is 11.0 Å². The average molecular weight is 287 g/mol. The summed E-state index contributed by atoms with van der Waals surface area (Å²) in [7, 11) is 0. The molecule has 0 saturated heterocycles. The Hall–Kier alpha value is -1.76. The van der Waals surface area contributed by atoms with Crippen molar-refractivity contribution in [2.45, 2.75) is 38.5 Å². The van der Waals surface area contributed by atoms with E-state index in [9.17, 15) is 18.0 Å². The highest BCUT2D eigenvalue weighted by Gasteiger charge is 2.31. The van der Waals surface area contributed by atoms with Crippen LogP contribution in [0.5, 0.6) is 0 Å². The number of alkyl halides is 3. The third-order valence-electron chi connectivity index (χ3n) is 3.20. The number of halogens is 3. The van der Waals surface area contributed by atoms with Gasteiger partial charge in [-0.05, 0) is 38.5 Å². The molecule has 1 aromatic carbocycles. The average Bonchev–Trinajstić information content (AvgIpc) is 2.61. The molecular formula is C13H16F3N3O. The van der Waals surface area contributed by atoms with Gasteiger partial charge in [0.2, 0.25) is 0 Å². The monoisotopic (exact) mass is 287 g/mol. The fourth-order valence-electron chi connectivity index (χ4n) is 2.39. The second kappa shape index (κ2) is 4.97. The number of nitrogens with zero attached hydrogens (tertiary/aromatic N) is 1. The number of imidazole rings is 1. The smallest absolute Gasteiger partial charge is 0.328 e. The molecule has 0 amide bonds. The van der Waals surface area contributed by atoms with Crippen molar-refractivity contribution in [1.82, 2.24) is 9.55 Å². The van der Waals surface area contributed by atoms with Crippen molar-refractivity contribution >= 4 is 11.0 Å². The zero-order chi connectivity index (χ0) is 15.1. The predicted octanol–water partition coefficient (Wildman–Crippen LogP) is 2.65. The van der Waals surface area contributed by atoms with E-state index in [1.54, 1.807) is 0 Å². The lowest BCUT2D eigenvalue weighted by molar-refractivity contribution is -0.137. The molecule has 0 spiro atoms. The van der Waals surface area contributed by atoms with Gasteiger partial charge in [0.1, 0.15) is 0 Å². The van der Waals surface area contributed by atoms with Crippen LogP contribution in [0.15, 0.2) is 23.0 Å². The third kappa shape index (κ3) is 2.72.